The number of rotatable bonds is 5. The fourth-order valence-corrected chi connectivity index (χ4v) is 2.79. The first-order valence-corrected chi connectivity index (χ1v) is 7.37. The van der Waals surface area contributed by atoms with Crippen LogP contribution in [0.5, 0.6) is 0 Å². The van der Waals surface area contributed by atoms with Crippen molar-refractivity contribution in [2.24, 2.45) is 17.3 Å². The lowest BCUT2D eigenvalue weighted by Gasteiger charge is -2.27. The van der Waals surface area contributed by atoms with Crippen LogP contribution in [0.3, 0.4) is 0 Å². The quantitative estimate of drug-likeness (QED) is 0.718. The van der Waals surface area contributed by atoms with E-state index < -0.39 is 18.0 Å². The van der Waals surface area contributed by atoms with Crippen molar-refractivity contribution in [3.05, 3.63) is 0 Å². The lowest BCUT2D eigenvalue weighted by atomic mass is 9.81. The zero-order chi connectivity index (χ0) is 15.3. The van der Waals surface area contributed by atoms with E-state index in [2.05, 4.69) is 5.32 Å². The Bertz CT molecular complexity index is 348. The predicted octanol–water partition coefficient (Wildman–Crippen LogP) is 1.79. The lowest BCUT2D eigenvalue weighted by molar-refractivity contribution is -0.144. The molecule has 0 bridgehead atoms. The van der Waals surface area contributed by atoms with Crippen LogP contribution in [0, 0.1) is 17.3 Å². The molecule has 0 aromatic rings. The maximum Gasteiger partial charge on any atom is 0.306 e. The molecule has 5 nitrogen and oxygen atoms in total. The molecule has 0 aromatic heterocycles. The highest BCUT2D eigenvalue weighted by Gasteiger charge is 2.31. The monoisotopic (exact) mass is 285 g/mol. The van der Waals surface area contributed by atoms with Gasteiger partial charge in [-0.2, -0.15) is 0 Å². The number of hydrogen-bond acceptors (Lipinski definition) is 3. The Hall–Kier alpha value is -1.10. The molecule has 1 fully saturated rings. The number of carboxylic acids is 1. The van der Waals surface area contributed by atoms with Gasteiger partial charge in [0, 0.05) is 12.5 Å². The maximum atomic E-state index is 12.0. The Morgan fingerprint density at radius 3 is 2.40 bits per heavy atom. The van der Waals surface area contributed by atoms with E-state index >= 15 is 0 Å². The first kappa shape index (κ1) is 17.0. The molecule has 0 spiro atoms. The van der Waals surface area contributed by atoms with Crippen molar-refractivity contribution in [2.75, 3.05) is 6.54 Å². The van der Waals surface area contributed by atoms with E-state index in [0.717, 1.165) is 12.8 Å². The average Bonchev–Trinajstić information content (AvgIpc) is 2.34. The van der Waals surface area contributed by atoms with Crippen LogP contribution in [0.15, 0.2) is 0 Å². The minimum Gasteiger partial charge on any atom is -0.481 e. The largest absolute Gasteiger partial charge is 0.481 e. The first-order chi connectivity index (χ1) is 9.19. The van der Waals surface area contributed by atoms with Crippen LogP contribution in [-0.2, 0) is 9.59 Å². The third kappa shape index (κ3) is 5.90. The van der Waals surface area contributed by atoms with Crippen molar-refractivity contribution >= 4 is 11.9 Å². The molecule has 1 aliphatic rings. The van der Waals surface area contributed by atoms with Crippen molar-refractivity contribution in [1.82, 2.24) is 5.32 Å². The molecule has 5 heteroatoms. The summed E-state index contributed by atoms with van der Waals surface area (Å²) in [4.78, 5) is 23.0. The number of aliphatic hydroxyl groups excluding tert-OH is 1. The van der Waals surface area contributed by atoms with Gasteiger partial charge in [0.2, 0.25) is 5.91 Å². The van der Waals surface area contributed by atoms with Gasteiger partial charge in [0.05, 0.1) is 12.0 Å². The Balaban J connectivity index is 2.37. The lowest BCUT2D eigenvalue weighted by Crippen LogP contribution is -2.39. The van der Waals surface area contributed by atoms with Crippen molar-refractivity contribution in [3.63, 3.8) is 0 Å². The van der Waals surface area contributed by atoms with E-state index in [1.165, 1.54) is 0 Å². The number of aliphatic carboxylic acids is 1. The summed E-state index contributed by atoms with van der Waals surface area (Å²) >= 11 is 0. The predicted molar refractivity (Wildman–Crippen MR) is 76.2 cm³/mol. The number of carboxylic acid groups (broad SMARTS) is 1. The fourth-order valence-electron chi connectivity index (χ4n) is 2.79. The molecule has 3 unspecified atom stereocenters. The molecule has 0 aliphatic heterocycles. The molecule has 3 atom stereocenters. The normalized spacial score (nSPS) is 25.0. The number of carbonyl (C=O) groups excluding carboxylic acids is 1. The summed E-state index contributed by atoms with van der Waals surface area (Å²) in [5.41, 5.74) is 0.0172. The summed E-state index contributed by atoms with van der Waals surface area (Å²) in [6.45, 7) is 6.36. The van der Waals surface area contributed by atoms with Gasteiger partial charge < -0.3 is 15.5 Å². The van der Waals surface area contributed by atoms with Gasteiger partial charge in [-0.05, 0) is 31.1 Å². The standard InChI is InChI=1S/C15H27NO4/c1-15(2,3)8-12(17)9-16-13(18)10-5-4-6-11(7-10)14(19)20/h10-12,17H,4-9H2,1-3H3,(H,16,18)(H,19,20). The number of hydrogen-bond donors (Lipinski definition) is 3. The third-order valence-electron chi connectivity index (χ3n) is 3.75. The minimum atomic E-state index is -0.810. The summed E-state index contributed by atoms with van der Waals surface area (Å²) in [7, 11) is 0. The smallest absolute Gasteiger partial charge is 0.306 e. The summed E-state index contributed by atoms with van der Waals surface area (Å²) in [6, 6.07) is 0. The second-order valence-electron chi connectivity index (χ2n) is 7.06. The van der Waals surface area contributed by atoms with Crippen LogP contribution in [0.1, 0.15) is 52.9 Å². The highest BCUT2D eigenvalue weighted by atomic mass is 16.4. The van der Waals surface area contributed by atoms with E-state index in [0.29, 0.717) is 19.3 Å². The molecule has 0 heterocycles. The highest BCUT2D eigenvalue weighted by Crippen LogP contribution is 2.29. The Labute approximate surface area is 120 Å². The van der Waals surface area contributed by atoms with Crippen LogP contribution >= 0.6 is 0 Å². The summed E-state index contributed by atoms with van der Waals surface area (Å²) in [5, 5.41) is 21.6. The topological polar surface area (TPSA) is 86.6 Å². The van der Waals surface area contributed by atoms with Gasteiger partial charge in [0.1, 0.15) is 0 Å². The van der Waals surface area contributed by atoms with Crippen molar-refractivity contribution in [2.45, 2.75) is 59.0 Å². The molecular weight excluding hydrogens is 258 g/mol. The number of carbonyl (C=O) groups is 2. The van der Waals surface area contributed by atoms with Crippen LogP contribution < -0.4 is 5.32 Å². The molecule has 20 heavy (non-hydrogen) atoms. The van der Waals surface area contributed by atoms with Crippen molar-refractivity contribution in [3.8, 4) is 0 Å². The molecule has 3 N–H and O–H groups in total. The van der Waals surface area contributed by atoms with Crippen molar-refractivity contribution < 1.29 is 19.8 Å². The SMILES string of the molecule is CC(C)(C)CC(O)CNC(=O)C1CCCC(C(=O)O)C1. The van der Waals surface area contributed by atoms with Crippen LogP contribution in [0.25, 0.3) is 0 Å². The molecule has 0 aromatic carbocycles. The number of nitrogens with one attached hydrogen (secondary N) is 1. The molecular formula is C15H27NO4. The van der Waals surface area contributed by atoms with Gasteiger partial charge in [0.25, 0.3) is 0 Å². The second-order valence-corrected chi connectivity index (χ2v) is 7.06. The Morgan fingerprint density at radius 1 is 1.25 bits per heavy atom. The zero-order valence-corrected chi connectivity index (χ0v) is 12.7. The second kappa shape index (κ2) is 7.07. The average molecular weight is 285 g/mol. The zero-order valence-electron chi connectivity index (χ0n) is 12.7. The number of aliphatic hydroxyl groups is 1. The van der Waals surface area contributed by atoms with E-state index in [-0.39, 0.29) is 23.8 Å². The van der Waals surface area contributed by atoms with E-state index in [4.69, 9.17) is 5.11 Å². The van der Waals surface area contributed by atoms with Gasteiger partial charge in [0.15, 0.2) is 0 Å². The minimum absolute atomic E-state index is 0.0172. The Kier molecular flexibility index (Phi) is 5.99. The first-order valence-electron chi connectivity index (χ1n) is 7.37. The third-order valence-corrected chi connectivity index (χ3v) is 3.75. The van der Waals surface area contributed by atoms with Crippen LogP contribution in [0.2, 0.25) is 0 Å². The molecule has 1 aliphatic carbocycles. The molecule has 1 rings (SSSR count). The molecule has 1 amide bonds. The van der Waals surface area contributed by atoms with E-state index in [1.807, 2.05) is 20.8 Å². The molecule has 116 valence electrons. The fraction of sp³-hybridized carbons (Fsp3) is 0.867. The summed E-state index contributed by atoms with van der Waals surface area (Å²) in [5.74, 6) is -1.56. The maximum absolute atomic E-state index is 12.0. The number of amides is 1. The highest BCUT2D eigenvalue weighted by molar-refractivity contribution is 5.80. The van der Waals surface area contributed by atoms with Gasteiger partial charge in [-0.15, -0.1) is 0 Å². The van der Waals surface area contributed by atoms with E-state index in [1.54, 1.807) is 0 Å². The Morgan fingerprint density at radius 2 is 1.85 bits per heavy atom. The van der Waals surface area contributed by atoms with Gasteiger partial charge in [-0.3, -0.25) is 9.59 Å². The van der Waals surface area contributed by atoms with E-state index in [9.17, 15) is 14.7 Å². The van der Waals surface area contributed by atoms with Crippen LogP contribution in [-0.4, -0.2) is 34.7 Å². The molecule has 1 saturated carbocycles. The molecule has 0 radical (unpaired) electrons. The summed E-state index contributed by atoms with van der Waals surface area (Å²) < 4.78 is 0. The van der Waals surface area contributed by atoms with Crippen molar-refractivity contribution in [1.29, 1.82) is 0 Å². The van der Waals surface area contributed by atoms with Gasteiger partial charge in [-0.25, -0.2) is 0 Å². The van der Waals surface area contributed by atoms with Gasteiger partial charge >= 0.3 is 5.97 Å². The van der Waals surface area contributed by atoms with Crippen LogP contribution in [0.4, 0.5) is 0 Å². The molecule has 0 saturated heterocycles. The summed E-state index contributed by atoms with van der Waals surface area (Å²) in [6.07, 6.45) is 2.65. The van der Waals surface area contributed by atoms with Gasteiger partial charge in [-0.1, -0.05) is 27.2 Å².